The maximum absolute atomic E-state index is 9.77. The summed E-state index contributed by atoms with van der Waals surface area (Å²) in [5.74, 6) is 0.202. The summed E-state index contributed by atoms with van der Waals surface area (Å²) in [7, 11) is -3.61. The molecule has 0 aliphatic rings. The predicted molar refractivity (Wildman–Crippen MR) is 101 cm³/mol. The summed E-state index contributed by atoms with van der Waals surface area (Å²) in [6, 6.07) is 0. The third-order valence-electron chi connectivity index (χ3n) is 5.58. The Bertz CT molecular complexity index is 341. The molecule has 22 heavy (non-hydrogen) atoms. The van der Waals surface area contributed by atoms with E-state index in [-0.39, 0.29) is 28.7 Å². The lowest BCUT2D eigenvalue weighted by molar-refractivity contribution is 0.0406. The van der Waals surface area contributed by atoms with Crippen LogP contribution in [0.3, 0.4) is 0 Å². The smallest absolute Gasteiger partial charge is 0.192 e. The van der Waals surface area contributed by atoms with Crippen LogP contribution in [0.25, 0.3) is 0 Å². The minimum Gasteiger partial charge on any atom is -0.416 e. The van der Waals surface area contributed by atoms with E-state index in [0.717, 1.165) is 0 Å². The van der Waals surface area contributed by atoms with Crippen LogP contribution in [0.1, 0.15) is 48.5 Å². The highest BCUT2D eigenvalue weighted by atomic mass is 28.4. The first kappa shape index (κ1) is 22.3. The van der Waals surface area contributed by atoms with Gasteiger partial charge >= 0.3 is 0 Å². The Morgan fingerprint density at radius 3 is 1.59 bits per heavy atom. The van der Waals surface area contributed by atoms with Gasteiger partial charge in [0.2, 0.25) is 0 Å². The first-order valence-corrected chi connectivity index (χ1v) is 14.3. The van der Waals surface area contributed by atoms with Crippen LogP contribution >= 0.6 is 0 Å². The molecule has 0 bridgehead atoms. The van der Waals surface area contributed by atoms with Crippen molar-refractivity contribution in [2.75, 3.05) is 13.2 Å². The van der Waals surface area contributed by atoms with Crippen molar-refractivity contribution in [1.82, 2.24) is 0 Å². The normalized spacial score (nSPS) is 17.5. The molecule has 3 nitrogen and oxygen atoms in total. The summed E-state index contributed by atoms with van der Waals surface area (Å²) >= 11 is 0. The average Bonchev–Trinajstić information content (AvgIpc) is 2.30. The van der Waals surface area contributed by atoms with E-state index in [1.165, 1.54) is 0 Å². The van der Waals surface area contributed by atoms with Gasteiger partial charge in [-0.15, -0.1) is 0 Å². The standard InChI is InChI=1S/C17H40O3Si2/c1-14(13-19-21(8,9)16(2,3)4)15(12-18)20-22(10,11)17(5,6)7/h14-15,18H,12-13H2,1-11H3/t14-,15-/m1/s1. The monoisotopic (exact) mass is 348 g/mol. The highest BCUT2D eigenvalue weighted by Crippen LogP contribution is 2.39. The van der Waals surface area contributed by atoms with E-state index in [4.69, 9.17) is 8.85 Å². The summed E-state index contributed by atoms with van der Waals surface area (Å²) in [6.45, 7) is 25.3. The first-order chi connectivity index (χ1) is 9.55. The van der Waals surface area contributed by atoms with E-state index in [1.807, 2.05) is 0 Å². The Morgan fingerprint density at radius 1 is 0.864 bits per heavy atom. The molecule has 0 aromatic carbocycles. The van der Waals surface area contributed by atoms with Gasteiger partial charge in [-0.1, -0.05) is 48.5 Å². The Balaban J connectivity index is 4.79. The van der Waals surface area contributed by atoms with Crippen LogP contribution in [-0.4, -0.2) is 41.1 Å². The molecule has 5 heteroatoms. The number of hydrogen-bond acceptors (Lipinski definition) is 3. The van der Waals surface area contributed by atoms with Gasteiger partial charge in [-0.3, -0.25) is 0 Å². The van der Waals surface area contributed by atoms with Crippen LogP contribution in [0.5, 0.6) is 0 Å². The Morgan fingerprint density at radius 2 is 1.27 bits per heavy atom. The second kappa shape index (κ2) is 7.47. The highest BCUT2D eigenvalue weighted by molar-refractivity contribution is 6.74. The summed E-state index contributed by atoms with van der Waals surface area (Å²) < 4.78 is 12.7. The fourth-order valence-electron chi connectivity index (χ4n) is 1.55. The van der Waals surface area contributed by atoms with E-state index >= 15 is 0 Å². The number of hydrogen-bond donors (Lipinski definition) is 1. The molecule has 0 heterocycles. The second-order valence-corrected chi connectivity index (χ2v) is 19.2. The van der Waals surface area contributed by atoms with Crippen LogP contribution in [0, 0.1) is 5.92 Å². The van der Waals surface area contributed by atoms with E-state index in [2.05, 4.69) is 74.7 Å². The third kappa shape index (κ3) is 6.08. The van der Waals surface area contributed by atoms with E-state index in [1.54, 1.807) is 0 Å². The first-order valence-electron chi connectivity index (χ1n) is 8.48. The summed E-state index contributed by atoms with van der Waals surface area (Å²) in [6.07, 6.45) is -0.134. The molecule has 0 unspecified atom stereocenters. The Labute approximate surface area is 141 Å². The predicted octanol–water partition coefficient (Wildman–Crippen LogP) is 5.03. The molecule has 2 atom stereocenters. The number of aliphatic hydroxyl groups excluding tert-OH is 1. The van der Waals surface area contributed by atoms with Gasteiger partial charge in [-0.2, -0.15) is 0 Å². The summed E-state index contributed by atoms with van der Waals surface area (Å²) in [5, 5.41) is 10.1. The van der Waals surface area contributed by atoms with Crippen LogP contribution in [0.4, 0.5) is 0 Å². The molecule has 0 aromatic heterocycles. The van der Waals surface area contributed by atoms with Crippen LogP contribution in [0.2, 0.25) is 36.3 Å². The number of aliphatic hydroxyl groups is 1. The average molecular weight is 349 g/mol. The van der Waals surface area contributed by atoms with Crippen LogP contribution < -0.4 is 0 Å². The fourth-order valence-corrected chi connectivity index (χ4v) is 4.08. The maximum Gasteiger partial charge on any atom is 0.192 e. The lowest BCUT2D eigenvalue weighted by Crippen LogP contribution is -2.48. The van der Waals surface area contributed by atoms with Gasteiger partial charge in [0.05, 0.1) is 12.7 Å². The molecular formula is C17H40O3Si2. The highest BCUT2D eigenvalue weighted by Gasteiger charge is 2.41. The quantitative estimate of drug-likeness (QED) is 0.656. The van der Waals surface area contributed by atoms with E-state index in [9.17, 15) is 5.11 Å². The minimum absolute atomic E-state index is 0.0640. The van der Waals surface area contributed by atoms with E-state index in [0.29, 0.717) is 6.61 Å². The van der Waals surface area contributed by atoms with Gasteiger partial charge in [0, 0.05) is 12.5 Å². The van der Waals surface area contributed by atoms with Gasteiger partial charge in [0.15, 0.2) is 16.6 Å². The van der Waals surface area contributed by atoms with Gasteiger partial charge < -0.3 is 14.0 Å². The van der Waals surface area contributed by atoms with Gasteiger partial charge in [-0.05, 0) is 36.3 Å². The van der Waals surface area contributed by atoms with Crippen molar-refractivity contribution < 1.29 is 14.0 Å². The second-order valence-electron chi connectivity index (χ2n) is 9.65. The van der Waals surface area contributed by atoms with Gasteiger partial charge in [-0.25, -0.2) is 0 Å². The molecular weight excluding hydrogens is 308 g/mol. The van der Waals surface area contributed by atoms with Gasteiger partial charge in [0.25, 0.3) is 0 Å². The molecule has 0 saturated carbocycles. The van der Waals surface area contributed by atoms with Gasteiger partial charge in [0.1, 0.15) is 0 Å². The molecule has 0 amide bonds. The molecule has 0 spiro atoms. The molecule has 0 aliphatic heterocycles. The largest absolute Gasteiger partial charge is 0.416 e. The zero-order valence-corrected chi connectivity index (χ0v) is 18.8. The Hall–Kier alpha value is 0.314. The Kier molecular flexibility index (Phi) is 7.58. The number of rotatable bonds is 7. The molecule has 0 saturated heterocycles. The maximum atomic E-state index is 9.77. The van der Waals surface area contributed by atoms with Crippen LogP contribution in [-0.2, 0) is 8.85 Å². The molecule has 1 N–H and O–H groups in total. The fraction of sp³-hybridized carbons (Fsp3) is 1.00. The van der Waals surface area contributed by atoms with Crippen molar-refractivity contribution in [2.45, 2.75) is 90.8 Å². The van der Waals surface area contributed by atoms with Crippen molar-refractivity contribution in [3.05, 3.63) is 0 Å². The molecule has 0 fully saturated rings. The minimum atomic E-state index is -1.87. The van der Waals surface area contributed by atoms with Crippen molar-refractivity contribution in [2.24, 2.45) is 5.92 Å². The zero-order valence-electron chi connectivity index (χ0n) is 16.8. The molecule has 0 rings (SSSR count). The summed E-state index contributed by atoms with van der Waals surface area (Å²) in [4.78, 5) is 0. The van der Waals surface area contributed by atoms with Crippen molar-refractivity contribution in [1.29, 1.82) is 0 Å². The molecule has 0 aromatic rings. The van der Waals surface area contributed by atoms with Crippen molar-refractivity contribution in [3.8, 4) is 0 Å². The topological polar surface area (TPSA) is 38.7 Å². The van der Waals surface area contributed by atoms with Crippen molar-refractivity contribution in [3.63, 3.8) is 0 Å². The third-order valence-corrected chi connectivity index (χ3v) is 14.6. The lowest BCUT2D eigenvalue weighted by atomic mass is 10.1. The van der Waals surface area contributed by atoms with Crippen LogP contribution in [0.15, 0.2) is 0 Å². The van der Waals surface area contributed by atoms with Crippen molar-refractivity contribution >= 4 is 16.6 Å². The lowest BCUT2D eigenvalue weighted by Gasteiger charge is -2.41. The molecule has 134 valence electrons. The molecule has 0 aliphatic carbocycles. The zero-order chi connectivity index (χ0) is 18.0. The molecule has 0 radical (unpaired) electrons. The van der Waals surface area contributed by atoms with E-state index < -0.39 is 16.6 Å². The summed E-state index contributed by atoms with van der Waals surface area (Å²) in [5.41, 5.74) is 0. The SMILES string of the molecule is C[C@H](CO[Si](C)(C)C(C)(C)C)[C@@H](CO)O[Si](C)(C)C(C)(C)C.